The predicted octanol–water partition coefficient (Wildman–Crippen LogP) is 3.93. The Hall–Kier alpha value is -3.58. The molecule has 0 spiro atoms. The number of rotatable bonds is 8. The van der Waals surface area contributed by atoms with Gasteiger partial charge in [-0.3, -0.25) is 4.79 Å². The third kappa shape index (κ3) is 7.13. The minimum Gasteiger partial charge on any atom is -0.342 e. The highest BCUT2D eigenvalue weighted by Crippen LogP contribution is 2.31. The van der Waals surface area contributed by atoms with Gasteiger partial charge in [-0.15, -0.1) is 10.2 Å². The highest BCUT2D eigenvalue weighted by atomic mass is 32.2. The first-order valence-electron chi connectivity index (χ1n) is 12.8. The summed E-state index contributed by atoms with van der Waals surface area (Å²) in [6, 6.07) is 10.1. The van der Waals surface area contributed by atoms with Gasteiger partial charge >= 0.3 is 6.18 Å². The van der Waals surface area contributed by atoms with Crippen molar-refractivity contribution in [1.82, 2.24) is 29.4 Å². The zero-order valence-corrected chi connectivity index (χ0v) is 23.3. The van der Waals surface area contributed by atoms with E-state index in [0.29, 0.717) is 49.4 Å². The molecule has 3 aromatic rings. The number of nitrogens with zero attached hydrogens (tertiary/aromatic N) is 6. The van der Waals surface area contributed by atoms with Gasteiger partial charge in [0.05, 0.1) is 17.0 Å². The summed E-state index contributed by atoms with van der Waals surface area (Å²) in [5.74, 6) is 0.199. The van der Waals surface area contributed by atoms with Crippen LogP contribution < -0.4 is 0 Å². The van der Waals surface area contributed by atoms with E-state index < -0.39 is 21.8 Å². The second-order valence-corrected chi connectivity index (χ2v) is 11.9. The molecule has 0 bridgehead atoms. The minimum absolute atomic E-state index is 0.0431. The van der Waals surface area contributed by atoms with Crippen LogP contribution in [0.4, 0.5) is 13.2 Å². The summed E-state index contributed by atoms with van der Waals surface area (Å²) < 4.78 is 67.3. The Morgan fingerprint density at radius 3 is 2.38 bits per heavy atom. The third-order valence-corrected chi connectivity index (χ3v) is 8.79. The first-order chi connectivity index (χ1) is 18.8. The SMILES string of the molecule is Cc1ccc(S(=O)(=O)N2CCC(CN(C)C(=O)/C=C/c3ccc(C(F)(F)F)cc3Cn3nnc(C)n3)CC2)cc1. The number of alkyl halides is 3. The van der Waals surface area contributed by atoms with Crippen LogP contribution >= 0.6 is 0 Å². The smallest absolute Gasteiger partial charge is 0.342 e. The Morgan fingerprint density at radius 2 is 1.77 bits per heavy atom. The average molecular weight is 577 g/mol. The topological polar surface area (TPSA) is 101 Å². The molecule has 0 atom stereocenters. The molecule has 0 saturated carbocycles. The van der Waals surface area contributed by atoms with Crippen molar-refractivity contribution in [2.45, 2.75) is 44.3 Å². The number of carbonyl (C=O) groups is 1. The van der Waals surface area contributed by atoms with Crippen LogP contribution in [0.1, 0.15) is 40.9 Å². The maximum absolute atomic E-state index is 13.3. The van der Waals surface area contributed by atoms with Crippen molar-refractivity contribution in [3.05, 3.63) is 76.6 Å². The van der Waals surface area contributed by atoms with E-state index in [1.807, 2.05) is 6.92 Å². The fraction of sp³-hybridized carbons (Fsp3) is 0.407. The number of aryl methyl sites for hydroxylation is 2. The third-order valence-electron chi connectivity index (χ3n) is 6.88. The standard InChI is InChI=1S/C27H31F3N6O3S/c1-19-4-9-25(10-5-19)40(38,39)35-14-12-21(13-15-35)17-34(3)26(37)11-7-22-6-8-24(27(28,29)30)16-23(22)18-36-32-20(2)31-33-36/h4-11,16,21H,12-15,17-18H2,1-3H3/b11-7+. The number of benzene rings is 2. The molecule has 9 nitrogen and oxygen atoms in total. The summed E-state index contributed by atoms with van der Waals surface area (Å²) in [6.07, 6.45) is -0.495. The number of tetrazole rings is 1. The molecule has 0 unspecified atom stereocenters. The van der Waals surface area contributed by atoms with Crippen LogP contribution in [-0.4, -0.2) is 70.4 Å². The number of aromatic nitrogens is 4. The Bertz CT molecular complexity index is 1480. The highest BCUT2D eigenvalue weighted by Gasteiger charge is 2.31. The molecule has 0 aliphatic carbocycles. The van der Waals surface area contributed by atoms with Crippen LogP contribution in [0.15, 0.2) is 53.4 Å². The summed E-state index contributed by atoms with van der Waals surface area (Å²) >= 11 is 0. The van der Waals surface area contributed by atoms with Crippen LogP contribution in [-0.2, 0) is 27.5 Å². The molecule has 2 heterocycles. The Labute approximate surface area is 231 Å². The number of hydrogen-bond acceptors (Lipinski definition) is 6. The van der Waals surface area contributed by atoms with Gasteiger partial charge in [0.25, 0.3) is 0 Å². The molecule has 1 aliphatic heterocycles. The Balaban J connectivity index is 1.38. The molecule has 0 radical (unpaired) electrons. The fourth-order valence-electron chi connectivity index (χ4n) is 4.58. The van der Waals surface area contributed by atoms with Gasteiger partial charge in [-0.1, -0.05) is 23.8 Å². The molecular formula is C27H31F3N6O3S. The lowest BCUT2D eigenvalue weighted by Crippen LogP contribution is -2.41. The van der Waals surface area contributed by atoms with E-state index >= 15 is 0 Å². The zero-order valence-electron chi connectivity index (χ0n) is 22.5. The normalized spacial score (nSPS) is 15.6. The largest absolute Gasteiger partial charge is 0.416 e. The lowest BCUT2D eigenvalue weighted by molar-refractivity contribution is -0.137. The first-order valence-corrected chi connectivity index (χ1v) is 14.2. The van der Waals surface area contributed by atoms with Gasteiger partial charge in [-0.2, -0.15) is 22.3 Å². The molecule has 1 aliphatic rings. The summed E-state index contributed by atoms with van der Waals surface area (Å²) in [5.41, 5.74) is 0.896. The zero-order chi connectivity index (χ0) is 29.1. The van der Waals surface area contributed by atoms with Gasteiger partial charge in [-0.25, -0.2) is 8.42 Å². The van der Waals surface area contributed by atoms with E-state index in [1.165, 1.54) is 32.2 Å². The van der Waals surface area contributed by atoms with Crippen molar-refractivity contribution in [1.29, 1.82) is 0 Å². The molecule has 1 aromatic heterocycles. The second kappa shape index (κ2) is 11.9. The van der Waals surface area contributed by atoms with Gasteiger partial charge in [0.1, 0.15) is 0 Å². The molecule has 13 heteroatoms. The number of halogens is 3. The molecule has 40 heavy (non-hydrogen) atoms. The highest BCUT2D eigenvalue weighted by molar-refractivity contribution is 7.89. The second-order valence-electron chi connectivity index (χ2n) is 9.99. The quantitative estimate of drug-likeness (QED) is 0.377. The van der Waals surface area contributed by atoms with Crippen molar-refractivity contribution in [2.24, 2.45) is 5.92 Å². The molecule has 214 valence electrons. The number of carbonyl (C=O) groups excluding carboxylic acids is 1. The van der Waals surface area contributed by atoms with Crippen LogP contribution in [0.5, 0.6) is 0 Å². The van der Waals surface area contributed by atoms with Gasteiger partial charge in [0.15, 0.2) is 5.82 Å². The molecule has 1 amide bonds. The molecule has 1 saturated heterocycles. The van der Waals surface area contributed by atoms with Crippen LogP contribution in [0, 0.1) is 19.8 Å². The van der Waals surface area contributed by atoms with Gasteiger partial charge in [0.2, 0.25) is 15.9 Å². The van der Waals surface area contributed by atoms with E-state index in [0.717, 1.165) is 17.7 Å². The summed E-state index contributed by atoms with van der Waals surface area (Å²) in [4.78, 5) is 15.8. The summed E-state index contributed by atoms with van der Waals surface area (Å²) in [5, 5.41) is 11.6. The van der Waals surface area contributed by atoms with Crippen molar-refractivity contribution in [2.75, 3.05) is 26.7 Å². The number of sulfonamides is 1. The fourth-order valence-corrected chi connectivity index (χ4v) is 6.05. The van der Waals surface area contributed by atoms with Crippen LogP contribution in [0.2, 0.25) is 0 Å². The van der Waals surface area contributed by atoms with E-state index in [1.54, 1.807) is 38.2 Å². The van der Waals surface area contributed by atoms with E-state index in [2.05, 4.69) is 15.4 Å². The van der Waals surface area contributed by atoms with Crippen LogP contribution in [0.3, 0.4) is 0 Å². The molecule has 2 aromatic carbocycles. The number of piperidine rings is 1. The van der Waals surface area contributed by atoms with E-state index in [4.69, 9.17) is 0 Å². The van der Waals surface area contributed by atoms with Crippen LogP contribution in [0.25, 0.3) is 6.08 Å². The van der Waals surface area contributed by atoms with Crippen molar-refractivity contribution in [3.63, 3.8) is 0 Å². The lowest BCUT2D eigenvalue weighted by atomic mass is 9.97. The monoisotopic (exact) mass is 576 g/mol. The molecular weight excluding hydrogens is 545 g/mol. The molecule has 4 rings (SSSR count). The Kier molecular flexibility index (Phi) is 8.74. The van der Waals surface area contributed by atoms with E-state index in [9.17, 15) is 26.4 Å². The predicted molar refractivity (Wildman–Crippen MR) is 142 cm³/mol. The summed E-state index contributed by atoms with van der Waals surface area (Å²) in [6.45, 7) is 4.64. The van der Waals surface area contributed by atoms with Gasteiger partial charge in [-0.05, 0) is 79.3 Å². The van der Waals surface area contributed by atoms with Crippen molar-refractivity contribution in [3.8, 4) is 0 Å². The lowest BCUT2D eigenvalue weighted by Gasteiger charge is -2.33. The molecule has 1 fully saturated rings. The minimum atomic E-state index is -4.52. The van der Waals surface area contributed by atoms with Crippen molar-refractivity contribution >= 4 is 22.0 Å². The Morgan fingerprint density at radius 1 is 1.10 bits per heavy atom. The number of hydrogen-bond donors (Lipinski definition) is 0. The average Bonchev–Trinajstić information content (AvgIpc) is 3.32. The number of likely N-dealkylation sites (N-methyl/N-ethyl adjacent to an activating group) is 1. The maximum atomic E-state index is 13.3. The van der Waals surface area contributed by atoms with E-state index in [-0.39, 0.29) is 23.3 Å². The maximum Gasteiger partial charge on any atom is 0.416 e. The summed E-state index contributed by atoms with van der Waals surface area (Å²) in [7, 11) is -1.92. The molecule has 0 N–H and O–H groups in total. The number of amides is 1. The van der Waals surface area contributed by atoms with Gasteiger partial charge < -0.3 is 4.90 Å². The van der Waals surface area contributed by atoms with Crippen molar-refractivity contribution < 1.29 is 26.4 Å². The van der Waals surface area contributed by atoms with Gasteiger partial charge in [0, 0.05) is 32.8 Å². The first kappa shape index (κ1) is 29.4.